The summed E-state index contributed by atoms with van der Waals surface area (Å²) in [6.07, 6.45) is 0.511. The van der Waals surface area contributed by atoms with Crippen molar-refractivity contribution in [2.45, 2.75) is 6.42 Å². The SMILES string of the molecule is O=C(Cc1cccs1)N1CCN(c2ccc(O)cc2)CC1. The number of hydrogen-bond donors (Lipinski definition) is 1. The van der Waals surface area contributed by atoms with E-state index in [0.717, 1.165) is 36.7 Å². The lowest BCUT2D eigenvalue weighted by Gasteiger charge is -2.36. The second-order valence-electron chi connectivity index (χ2n) is 5.14. The van der Waals surface area contributed by atoms with Crippen LogP contribution >= 0.6 is 11.3 Å². The van der Waals surface area contributed by atoms with Crippen LogP contribution in [-0.4, -0.2) is 42.1 Å². The molecular weight excluding hydrogens is 284 g/mol. The second kappa shape index (κ2) is 6.18. The summed E-state index contributed by atoms with van der Waals surface area (Å²) in [5.74, 6) is 0.492. The maximum Gasteiger partial charge on any atom is 0.227 e. The van der Waals surface area contributed by atoms with E-state index in [9.17, 15) is 9.90 Å². The van der Waals surface area contributed by atoms with E-state index in [2.05, 4.69) is 4.90 Å². The topological polar surface area (TPSA) is 43.8 Å². The first kappa shape index (κ1) is 13.9. The molecule has 1 amide bonds. The molecule has 0 bridgehead atoms. The van der Waals surface area contributed by atoms with Crippen molar-refractivity contribution >= 4 is 22.9 Å². The summed E-state index contributed by atoms with van der Waals surface area (Å²) in [4.78, 5) is 17.5. The molecular formula is C16H18N2O2S. The van der Waals surface area contributed by atoms with Crippen LogP contribution in [0.4, 0.5) is 5.69 Å². The molecule has 0 radical (unpaired) electrons. The number of aromatic hydroxyl groups is 1. The van der Waals surface area contributed by atoms with Gasteiger partial charge >= 0.3 is 0 Å². The van der Waals surface area contributed by atoms with Gasteiger partial charge in [0, 0.05) is 36.7 Å². The minimum atomic E-state index is 0.211. The molecule has 5 heteroatoms. The highest BCUT2D eigenvalue weighted by molar-refractivity contribution is 7.10. The maximum atomic E-state index is 12.2. The highest BCUT2D eigenvalue weighted by atomic mass is 32.1. The number of thiophene rings is 1. The Labute approximate surface area is 128 Å². The van der Waals surface area contributed by atoms with Crippen molar-refractivity contribution in [1.29, 1.82) is 0 Å². The monoisotopic (exact) mass is 302 g/mol. The number of benzene rings is 1. The summed E-state index contributed by atoms with van der Waals surface area (Å²) in [5.41, 5.74) is 1.10. The van der Waals surface area contributed by atoms with E-state index in [0.29, 0.717) is 6.42 Å². The molecule has 0 aliphatic carbocycles. The van der Waals surface area contributed by atoms with Gasteiger partial charge in [0.1, 0.15) is 5.75 Å². The third-order valence-corrected chi connectivity index (χ3v) is 4.63. The number of amides is 1. The van der Waals surface area contributed by atoms with Crippen molar-refractivity contribution in [3.05, 3.63) is 46.7 Å². The number of phenols is 1. The molecule has 0 spiro atoms. The molecule has 0 saturated carbocycles. The first-order valence-electron chi connectivity index (χ1n) is 7.06. The van der Waals surface area contributed by atoms with Gasteiger partial charge in [0.25, 0.3) is 0 Å². The summed E-state index contributed by atoms with van der Waals surface area (Å²) >= 11 is 1.63. The van der Waals surface area contributed by atoms with Gasteiger partial charge in [-0.3, -0.25) is 4.79 Å². The fourth-order valence-electron chi connectivity index (χ4n) is 2.55. The van der Waals surface area contributed by atoms with Crippen molar-refractivity contribution < 1.29 is 9.90 Å². The van der Waals surface area contributed by atoms with Crippen molar-refractivity contribution in [2.24, 2.45) is 0 Å². The molecule has 110 valence electrons. The predicted molar refractivity (Wildman–Crippen MR) is 84.9 cm³/mol. The van der Waals surface area contributed by atoms with Crippen LogP contribution in [0.3, 0.4) is 0 Å². The Morgan fingerprint density at radius 2 is 1.81 bits per heavy atom. The van der Waals surface area contributed by atoms with E-state index >= 15 is 0 Å². The van der Waals surface area contributed by atoms with Crippen molar-refractivity contribution in [3.8, 4) is 5.75 Å². The van der Waals surface area contributed by atoms with Crippen molar-refractivity contribution in [3.63, 3.8) is 0 Å². The molecule has 1 fully saturated rings. The molecule has 1 N–H and O–H groups in total. The molecule has 0 unspecified atom stereocenters. The molecule has 1 aliphatic rings. The Bertz CT molecular complexity index is 587. The van der Waals surface area contributed by atoms with E-state index in [-0.39, 0.29) is 11.7 Å². The minimum Gasteiger partial charge on any atom is -0.508 e. The molecule has 0 atom stereocenters. The lowest BCUT2D eigenvalue weighted by molar-refractivity contribution is -0.130. The highest BCUT2D eigenvalue weighted by Gasteiger charge is 2.21. The number of hydrogen-bond acceptors (Lipinski definition) is 4. The average Bonchev–Trinajstić information content (AvgIpc) is 3.01. The number of anilines is 1. The zero-order valence-corrected chi connectivity index (χ0v) is 12.6. The molecule has 1 saturated heterocycles. The van der Waals surface area contributed by atoms with Gasteiger partial charge in [0.15, 0.2) is 0 Å². The fourth-order valence-corrected chi connectivity index (χ4v) is 3.25. The van der Waals surface area contributed by atoms with Gasteiger partial charge in [0.05, 0.1) is 6.42 Å². The van der Waals surface area contributed by atoms with Crippen molar-refractivity contribution in [2.75, 3.05) is 31.1 Å². The van der Waals surface area contributed by atoms with E-state index < -0.39 is 0 Å². The largest absolute Gasteiger partial charge is 0.508 e. The molecule has 2 heterocycles. The number of piperazine rings is 1. The van der Waals surface area contributed by atoms with E-state index in [1.807, 2.05) is 34.5 Å². The molecule has 21 heavy (non-hydrogen) atoms. The van der Waals surface area contributed by atoms with Crippen LogP contribution in [0.5, 0.6) is 5.75 Å². The third-order valence-electron chi connectivity index (χ3n) is 3.75. The summed E-state index contributed by atoms with van der Waals surface area (Å²) in [5, 5.41) is 11.3. The molecule has 1 aromatic heterocycles. The van der Waals surface area contributed by atoms with Crippen LogP contribution in [0.1, 0.15) is 4.88 Å². The molecule has 1 aromatic carbocycles. The standard InChI is InChI=1S/C16H18N2O2S/c19-14-5-3-13(4-6-14)17-7-9-18(10-8-17)16(20)12-15-2-1-11-21-15/h1-6,11,19H,7-10,12H2. The molecule has 2 aromatic rings. The van der Waals surface area contributed by atoms with Gasteiger partial charge in [-0.05, 0) is 35.7 Å². The number of carbonyl (C=O) groups excluding carboxylic acids is 1. The number of rotatable bonds is 3. The van der Waals surface area contributed by atoms with E-state index in [1.165, 1.54) is 0 Å². The number of nitrogens with zero attached hydrogens (tertiary/aromatic N) is 2. The Morgan fingerprint density at radius 1 is 1.10 bits per heavy atom. The Kier molecular flexibility index (Phi) is 4.10. The molecule has 3 rings (SSSR count). The van der Waals surface area contributed by atoms with Gasteiger partial charge in [-0.15, -0.1) is 11.3 Å². The highest BCUT2D eigenvalue weighted by Crippen LogP contribution is 2.20. The van der Waals surface area contributed by atoms with Crippen LogP contribution in [0.2, 0.25) is 0 Å². The lowest BCUT2D eigenvalue weighted by atomic mass is 10.2. The Balaban J connectivity index is 1.55. The zero-order valence-electron chi connectivity index (χ0n) is 11.7. The minimum absolute atomic E-state index is 0.211. The van der Waals surface area contributed by atoms with Crippen molar-refractivity contribution in [1.82, 2.24) is 4.90 Å². The van der Waals surface area contributed by atoms with Crippen LogP contribution in [0.25, 0.3) is 0 Å². The quantitative estimate of drug-likeness (QED) is 0.946. The maximum absolute atomic E-state index is 12.2. The van der Waals surface area contributed by atoms with Gasteiger partial charge in [-0.1, -0.05) is 6.07 Å². The summed E-state index contributed by atoms with van der Waals surface area (Å²) in [7, 11) is 0. The second-order valence-corrected chi connectivity index (χ2v) is 6.17. The first-order chi connectivity index (χ1) is 10.2. The number of phenolic OH excluding ortho intramolecular Hbond substituents is 1. The summed E-state index contributed by atoms with van der Waals surface area (Å²) in [6, 6.07) is 11.2. The van der Waals surface area contributed by atoms with Gasteiger partial charge in [-0.25, -0.2) is 0 Å². The van der Waals surface area contributed by atoms with Crippen LogP contribution in [0, 0.1) is 0 Å². The van der Waals surface area contributed by atoms with Gasteiger partial charge in [0.2, 0.25) is 5.91 Å². The normalized spacial score (nSPS) is 15.2. The van der Waals surface area contributed by atoms with E-state index in [4.69, 9.17) is 0 Å². The smallest absolute Gasteiger partial charge is 0.227 e. The predicted octanol–water partition coefficient (Wildman–Crippen LogP) is 2.35. The van der Waals surface area contributed by atoms with Crippen LogP contribution in [0.15, 0.2) is 41.8 Å². The summed E-state index contributed by atoms with van der Waals surface area (Å²) < 4.78 is 0. The third kappa shape index (κ3) is 3.36. The average molecular weight is 302 g/mol. The van der Waals surface area contributed by atoms with E-state index in [1.54, 1.807) is 23.5 Å². The molecule has 1 aliphatic heterocycles. The summed E-state index contributed by atoms with van der Waals surface area (Å²) in [6.45, 7) is 3.18. The van der Waals surface area contributed by atoms with Crippen LogP contribution in [-0.2, 0) is 11.2 Å². The lowest BCUT2D eigenvalue weighted by Crippen LogP contribution is -2.49. The number of carbonyl (C=O) groups is 1. The van der Waals surface area contributed by atoms with Gasteiger partial charge in [-0.2, -0.15) is 0 Å². The fraction of sp³-hybridized carbons (Fsp3) is 0.312. The Hall–Kier alpha value is -2.01. The van der Waals surface area contributed by atoms with Crippen LogP contribution < -0.4 is 4.90 Å². The van der Waals surface area contributed by atoms with Gasteiger partial charge < -0.3 is 14.9 Å². The Morgan fingerprint density at radius 3 is 2.43 bits per heavy atom. The molecule has 4 nitrogen and oxygen atoms in total. The zero-order chi connectivity index (χ0) is 14.7. The first-order valence-corrected chi connectivity index (χ1v) is 7.94.